The molecule has 2 atom stereocenters. The van der Waals surface area contributed by atoms with Gasteiger partial charge in [-0.3, -0.25) is 9.59 Å². The molecule has 0 radical (unpaired) electrons. The third kappa shape index (κ3) is 9.39. The van der Waals surface area contributed by atoms with Gasteiger partial charge in [0.25, 0.3) is 0 Å². The van der Waals surface area contributed by atoms with Crippen molar-refractivity contribution < 1.29 is 28.5 Å². The maximum absolute atomic E-state index is 12.8. The normalized spacial score (nSPS) is 17.5. The molecule has 5 rings (SSSR count). The van der Waals surface area contributed by atoms with Crippen molar-refractivity contribution in [2.75, 3.05) is 13.2 Å². The van der Waals surface area contributed by atoms with E-state index in [1.165, 1.54) is 69.8 Å². The first-order chi connectivity index (χ1) is 22.4. The summed E-state index contributed by atoms with van der Waals surface area (Å²) in [6.45, 7) is 6.96. The number of benzene rings is 3. The van der Waals surface area contributed by atoms with Crippen LogP contribution in [0.3, 0.4) is 0 Å². The van der Waals surface area contributed by atoms with Gasteiger partial charge in [0.2, 0.25) is 0 Å². The number of ether oxygens (including phenoxy) is 4. The van der Waals surface area contributed by atoms with E-state index >= 15 is 0 Å². The number of fused-ring (bicyclic) bond motifs is 2. The molecule has 0 heterocycles. The molecule has 2 aliphatic rings. The molecule has 0 aliphatic heterocycles. The highest BCUT2D eigenvalue weighted by atomic mass is 16.5. The average molecular weight is 631 g/mol. The standard InChI is InChI=1S/C40H54O6/c1-4-30-19-20-35-36(27-30)40(46-29(3)26-38(42)44-24-22-32-15-9-6-10-16-32)34-18-12-11-17-33(34)39(35)45-28(2)25-37(41)43-23-21-31-13-7-5-8-14-31/h11-12,17-20,27-29,31-32H,4-10,13-16,21-26H2,1-3H3. The summed E-state index contributed by atoms with van der Waals surface area (Å²) in [6, 6.07) is 14.4. The maximum atomic E-state index is 12.8. The summed E-state index contributed by atoms with van der Waals surface area (Å²) in [5.74, 6) is 2.40. The van der Waals surface area contributed by atoms with Crippen molar-refractivity contribution in [3.63, 3.8) is 0 Å². The summed E-state index contributed by atoms with van der Waals surface area (Å²) in [5.41, 5.74) is 1.18. The quantitative estimate of drug-likeness (QED) is 0.123. The van der Waals surface area contributed by atoms with Gasteiger partial charge in [-0.25, -0.2) is 0 Å². The Morgan fingerprint density at radius 1 is 0.652 bits per heavy atom. The van der Waals surface area contributed by atoms with Gasteiger partial charge in [0, 0.05) is 21.5 Å². The molecule has 6 nitrogen and oxygen atoms in total. The van der Waals surface area contributed by atoms with Crippen molar-refractivity contribution >= 4 is 33.5 Å². The fraction of sp³-hybridized carbons (Fsp3) is 0.600. The Bertz CT molecular complexity index is 1430. The zero-order valence-electron chi connectivity index (χ0n) is 28.3. The fourth-order valence-corrected chi connectivity index (χ4v) is 7.32. The molecule has 0 amide bonds. The monoisotopic (exact) mass is 630 g/mol. The highest BCUT2D eigenvalue weighted by molar-refractivity contribution is 6.11. The van der Waals surface area contributed by atoms with E-state index in [9.17, 15) is 9.59 Å². The smallest absolute Gasteiger partial charge is 0.309 e. The molecule has 6 heteroatoms. The largest absolute Gasteiger partial charge is 0.489 e. The number of rotatable bonds is 15. The second-order valence-corrected chi connectivity index (χ2v) is 13.7. The molecule has 250 valence electrons. The Balaban J connectivity index is 1.28. The summed E-state index contributed by atoms with van der Waals surface area (Å²) in [7, 11) is 0. The lowest BCUT2D eigenvalue weighted by Gasteiger charge is -2.23. The topological polar surface area (TPSA) is 71.1 Å². The minimum atomic E-state index is -0.367. The van der Waals surface area contributed by atoms with Crippen LogP contribution in [-0.2, 0) is 25.5 Å². The lowest BCUT2D eigenvalue weighted by atomic mass is 9.87. The summed E-state index contributed by atoms with van der Waals surface area (Å²) < 4.78 is 24.4. The van der Waals surface area contributed by atoms with Gasteiger partial charge in [-0.15, -0.1) is 0 Å². The molecule has 0 saturated heterocycles. The lowest BCUT2D eigenvalue weighted by molar-refractivity contribution is -0.146. The summed E-state index contributed by atoms with van der Waals surface area (Å²) >= 11 is 0. The average Bonchev–Trinajstić information content (AvgIpc) is 3.06. The van der Waals surface area contributed by atoms with Crippen LogP contribution in [0.1, 0.15) is 116 Å². The number of hydrogen-bond acceptors (Lipinski definition) is 6. The van der Waals surface area contributed by atoms with E-state index in [0.717, 1.165) is 52.3 Å². The van der Waals surface area contributed by atoms with E-state index in [1.54, 1.807) is 0 Å². The van der Waals surface area contributed by atoms with Gasteiger partial charge < -0.3 is 18.9 Å². The van der Waals surface area contributed by atoms with Crippen molar-refractivity contribution in [1.82, 2.24) is 0 Å². The van der Waals surface area contributed by atoms with E-state index in [1.807, 2.05) is 38.1 Å². The highest BCUT2D eigenvalue weighted by Gasteiger charge is 2.23. The molecule has 0 aromatic heterocycles. The molecule has 2 fully saturated rings. The summed E-state index contributed by atoms with van der Waals surface area (Å²) in [6.07, 6.45) is 15.2. The zero-order chi connectivity index (χ0) is 32.3. The Morgan fingerprint density at radius 2 is 1.11 bits per heavy atom. The van der Waals surface area contributed by atoms with Gasteiger partial charge in [-0.05, 0) is 56.6 Å². The van der Waals surface area contributed by atoms with Crippen LogP contribution in [0.4, 0.5) is 0 Å². The van der Waals surface area contributed by atoms with Gasteiger partial charge in [-0.1, -0.05) is 108 Å². The molecule has 3 aromatic carbocycles. The third-order valence-electron chi connectivity index (χ3n) is 9.97. The zero-order valence-corrected chi connectivity index (χ0v) is 28.3. The van der Waals surface area contributed by atoms with Crippen molar-refractivity contribution in [2.24, 2.45) is 11.8 Å². The van der Waals surface area contributed by atoms with Crippen LogP contribution in [0.2, 0.25) is 0 Å². The highest BCUT2D eigenvalue weighted by Crippen LogP contribution is 2.44. The Kier molecular flexibility index (Phi) is 12.6. The van der Waals surface area contributed by atoms with Crippen LogP contribution in [0, 0.1) is 11.8 Å². The van der Waals surface area contributed by atoms with Gasteiger partial charge >= 0.3 is 11.9 Å². The van der Waals surface area contributed by atoms with E-state index in [2.05, 4.69) is 25.1 Å². The molecule has 3 aromatic rings. The number of aryl methyl sites for hydroxylation is 1. The molecular weight excluding hydrogens is 576 g/mol. The van der Waals surface area contributed by atoms with Gasteiger partial charge in [0.1, 0.15) is 23.7 Å². The van der Waals surface area contributed by atoms with Crippen LogP contribution in [0.15, 0.2) is 42.5 Å². The van der Waals surface area contributed by atoms with E-state index in [-0.39, 0.29) is 37.0 Å². The maximum Gasteiger partial charge on any atom is 0.309 e. The van der Waals surface area contributed by atoms with Crippen LogP contribution in [0.5, 0.6) is 11.5 Å². The number of carbonyl (C=O) groups excluding carboxylic acids is 2. The van der Waals surface area contributed by atoms with Gasteiger partial charge in [-0.2, -0.15) is 0 Å². The molecule has 2 unspecified atom stereocenters. The van der Waals surface area contributed by atoms with E-state index in [0.29, 0.717) is 25.0 Å². The van der Waals surface area contributed by atoms with Gasteiger partial charge in [0.05, 0.1) is 26.1 Å². The molecular formula is C40H54O6. The molecule has 0 N–H and O–H groups in total. The Morgan fingerprint density at radius 3 is 1.59 bits per heavy atom. The molecule has 0 bridgehead atoms. The fourth-order valence-electron chi connectivity index (χ4n) is 7.32. The number of hydrogen-bond donors (Lipinski definition) is 0. The SMILES string of the molecule is CCc1ccc2c(OC(C)CC(=O)OCCC3CCCCC3)c3ccccc3c(OC(C)CC(=O)OCCC3CCCCC3)c2c1. The minimum Gasteiger partial charge on any atom is -0.489 e. The van der Waals surface area contributed by atoms with Crippen LogP contribution >= 0.6 is 0 Å². The predicted octanol–water partition coefficient (Wildman–Crippen LogP) is 9.90. The Labute approximate surface area is 275 Å². The second-order valence-electron chi connectivity index (χ2n) is 13.7. The van der Waals surface area contributed by atoms with Crippen molar-refractivity contribution in [1.29, 1.82) is 0 Å². The van der Waals surface area contributed by atoms with Gasteiger partial charge in [0.15, 0.2) is 0 Å². The number of esters is 2. The van der Waals surface area contributed by atoms with Crippen LogP contribution < -0.4 is 9.47 Å². The summed E-state index contributed by atoms with van der Waals surface area (Å²) in [4.78, 5) is 25.5. The minimum absolute atomic E-state index is 0.186. The third-order valence-corrected chi connectivity index (χ3v) is 9.97. The van der Waals surface area contributed by atoms with Crippen LogP contribution in [0.25, 0.3) is 21.5 Å². The van der Waals surface area contributed by atoms with E-state index in [4.69, 9.17) is 18.9 Å². The van der Waals surface area contributed by atoms with Crippen LogP contribution in [-0.4, -0.2) is 37.4 Å². The molecule has 46 heavy (non-hydrogen) atoms. The lowest BCUT2D eigenvalue weighted by Crippen LogP contribution is -2.21. The Hall–Kier alpha value is -3.28. The van der Waals surface area contributed by atoms with Crippen molar-refractivity contribution in [3.05, 3.63) is 48.0 Å². The predicted molar refractivity (Wildman–Crippen MR) is 185 cm³/mol. The number of carbonyl (C=O) groups is 2. The summed E-state index contributed by atoms with van der Waals surface area (Å²) in [5, 5.41) is 3.69. The first-order valence-electron chi connectivity index (χ1n) is 18.0. The first kappa shape index (κ1) is 34.1. The first-order valence-corrected chi connectivity index (χ1v) is 18.0. The van der Waals surface area contributed by atoms with Crippen molar-refractivity contribution in [3.8, 4) is 11.5 Å². The molecule has 0 spiro atoms. The van der Waals surface area contributed by atoms with Crippen molar-refractivity contribution in [2.45, 2.75) is 129 Å². The molecule has 2 saturated carbocycles. The van der Waals surface area contributed by atoms with E-state index < -0.39 is 0 Å². The second kappa shape index (κ2) is 17.0. The molecule has 2 aliphatic carbocycles.